The molecule has 78 valence electrons. The summed E-state index contributed by atoms with van der Waals surface area (Å²) in [4.78, 5) is 0. The lowest BCUT2D eigenvalue weighted by atomic mass is 10.1. The van der Waals surface area contributed by atoms with Crippen LogP contribution in [0.15, 0.2) is 0 Å². The van der Waals surface area contributed by atoms with Crippen molar-refractivity contribution in [3.63, 3.8) is 0 Å². The van der Waals surface area contributed by atoms with Crippen molar-refractivity contribution in [3.8, 4) is 0 Å². The molecule has 2 nitrogen and oxygen atoms in total. The lowest BCUT2D eigenvalue weighted by Gasteiger charge is -2.22. The van der Waals surface area contributed by atoms with E-state index >= 15 is 0 Å². The molecular weight excluding hydrogens is 162 g/mol. The Balaban J connectivity index is 1.92. The molecule has 13 heavy (non-hydrogen) atoms. The maximum atomic E-state index is 5.62. The van der Waals surface area contributed by atoms with Gasteiger partial charge in [0.05, 0.1) is 6.10 Å². The normalized spacial score (nSPS) is 23.8. The highest BCUT2D eigenvalue weighted by atomic mass is 16.5. The second-order valence-electron chi connectivity index (χ2n) is 4.38. The Morgan fingerprint density at radius 1 is 1.38 bits per heavy atom. The fraction of sp³-hybridized carbons (Fsp3) is 1.00. The number of rotatable bonds is 5. The quantitative estimate of drug-likeness (QED) is 0.663. The highest BCUT2D eigenvalue weighted by molar-refractivity contribution is 4.66. The zero-order chi connectivity index (χ0) is 9.52. The van der Waals surface area contributed by atoms with Crippen molar-refractivity contribution >= 4 is 0 Å². The van der Waals surface area contributed by atoms with Gasteiger partial charge >= 0.3 is 0 Å². The second-order valence-corrected chi connectivity index (χ2v) is 4.38. The van der Waals surface area contributed by atoms with Crippen LogP contribution in [-0.4, -0.2) is 25.8 Å². The van der Waals surface area contributed by atoms with Crippen LogP contribution >= 0.6 is 0 Å². The number of hydrogen-bond acceptors (Lipinski definition) is 2. The lowest BCUT2D eigenvalue weighted by molar-refractivity contribution is 0.0169. The monoisotopic (exact) mass is 185 g/mol. The Hall–Kier alpha value is -0.0800. The number of ether oxygens (including phenoxy) is 1. The largest absolute Gasteiger partial charge is 0.377 e. The highest BCUT2D eigenvalue weighted by Gasteiger charge is 2.12. The van der Waals surface area contributed by atoms with Crippen LogP contribution in [0.4, 0.5) is 0 Å². The molecule has 0 bridgehead atoms. The molecule has 0 amide bonds. The zero-order valence-electron chi connectivity index (χ0n) is 9.01. The van der Waals surface area contributed by atoms with Gasteiger partial charge in [0, 0.05) is 13.2 Å². The molecule has 1 heterocycles. The highest BCUT2D eigenvalue weighted by Crippen LogP contribution is 2.11. The summed E-state index contributed by atoms with van der Waals surface area (Å²) in [5.41, 5.74) is 0. The van der Waals surface area contributed by atoms with Crippen molar-refractivity contribution in [1.29, 1.82) is 0 Å². The second kappa shape index (κ2) is 6.39. The average molecular weight is 185 g/mol. The Morgan fingerprint density at radius 3 is 2.85 bits per heavy atom. The van der Waals surface area contributed by atoms with E-state index in [4.69, 9.17) is 4.74 Å². The van der Waals surface area contributed by atoms with Gasteiger partial charge in [-0.15, -0.1) is 0 Å². The minimum absolute atomic E-state index is 0.487. The van der Waals surface area contributed by atoms with E-state index in [1.807, 2.05) is 0 Å². The Morgan fingerprint density at radius 2 is 2.23 bits per heavy atom. The summed E-state index contributed by atoms with van der Waals surface area (Å²) >= 11 is 0. The van der Waals surface area contributed by atoms with Crippen LogP contribution in [0.3, 0.4) is 0 Å². The van der Waals surface area contributed by atoms with Crippen molar-refractivity contribution in [2.45, 2.75) is 45.6 Å². The first-order valence-corrected chi connectivity index (χ1v) is 5.61. The SMILES string of the molecule is CC(C)CCNCC1CCCCO1. The predicted molar refractivity (Wildman–Crippen MR) is 55.9 cm³/mol. The third-order valence-electron chi connectivity index (χ3n) is 2.54. The van der Waals surface area contributed by atoms with Gasteiger partial charge in [-0.3, -0.25) is 0 Å². The van der Waals surface area contributed by atoms with E-state index in [0.717, 1.165) is 25.6 Å². The minimum Gasteiger partial charge on any atom is -0.377 e. The van der Waals surface area contributed by atoms with Crippen molar-refractivity contribution in [2.24, 2.45) is 5.92 Å². The van der Waals surface area contributed by atoms with Crippen LogP contribution in [0, 0.1) is 5.92 Å². The molecular formula is C11H23NO. The third-order valence-corrected chi connectivity index (χ3v) is 2.54. The molecule has 0 aliphatic carbocycles. The molecule has 0 aromatic rings. The van der Waals surface area contributed by atoms with Gasteiger partial charge in [-0.05, 0) is 38.1 Å². The van der Waals surface area contributed by atoms with E-state index in [-0.39, 0.29) is 0 Å². The van der Waals surface area contributed by atoms with Crippen LogP contribution in [-0.2, 0) is 4.74 Å². The molecule has 1 aliphatic heterocycles. The topological polar surface area (TPSA) is 21.3 Å². The van der Waals surface area contributed by atoms with E-state index in [1.165, 1.54) is 25.7 Å². The third kappa shape index (κ3) is 5.27. The molecule has 2 heteroatoms. The Kier molecular flexibility index (Phi) is 5.40. The van der Waals surface area contributed by atoms with Crippen LogP contribution in [0.25, 0.3) is 0 Å². The van der Waals surface area contributed by atoms with Gasteiger partial charge in [0.15, 0.2) is 0 Å². The first-order valence-electron chi connectivity index (χ1n) is 5.61. The van der Waals surface area contributed by atoms with Gasteiger partial charge in [0.2, 0.25) is 0 Å². The number of nitrogens with one attached hydrogen (secondary N) is 1. The van der Waals surface area contributed by atoms with Crippen LogP contribution in [0.1, 0.15) is 39.5 Å². The predicted octanol–water partition coefficient (Wildman–Crippen LogP) is 2.19. The molecule has 0 radical (unpaired) electrons. The molecule has 1 N–H and O–H groups in total. The minimum atomic E-state index is 0.487. The summed E-state index contributed by atoms with van der Waals surface area (Å²) in [6, 6.07) is 0. The van der Waals surface area contributed by atoms with Gasteiger partial charge in [0.1, 0.15) is 0 Å². The summed E-state index contributed by atoms with van der Waals surface area (Å²) in [6.45, 7) is 7.68. The van der Waals surface area contributed by atoms with E-state index in [1.54, 1.807) is 0 Å². The molecule has 0 saturated carbocycles. The van der Waals surface area contributed by atoms with Crippen molar-refractivity contribution in [2.75, 3.05) is 19.7 Å². The first-order chi connectivity index (χ1) is 6.29. The molecule has 1 fully saturated rings. The molecule has 0 spiro atoms. The summed E-state index contributed by atoms with van der Waals surface area (Å²) in [7, 11) is 0. The zero-order valence-corrected chi connectivity index (χ0v) is 9.01. The van der Waals surface area contributed by atoms with Gasteiger partial charge in [0.25, 0.3) is 0 Å². The molecule has 0 aromatic carbocycles. The summed E-state index contributed by atoms with van der Waals surface area (Å²) in [5.74, 6) is 0.805. The van der Waals surface area contributed by atoms with Crippen LogP contribution in [0.2, 0.25) is 0 Å². The van der Waals surface area contributed by atoms with Crippen LogP contribution in [0.5, 0.6) is 0 Å². The fourth-order valence-corrected chi connectivity index (χ4v) is 1.62. The first kappa shape index (κ1) is 11.0. The summed E-state index contributed by atoms with van der Waals surface area (Å²) in [6.07, 6.45) is 5.60. The van der Waals surface area contributed by atoms with Gasteiger partial charge < -0.3 is 10.1 Å². The Bertz CT molecular complexity index is 119. The molecule has 1 aliphatic rings. The molecule has 1 rings (SSSR count). The Labute approximate surface area is 82.0 Å². The lowest BCUT2D eigenvalue weighted by Crippen LogP contribution is -2.32. The number of hydrogen-bond donors (Lipinski definition) is 1. The standard InChI is InChI=1S/C11H23NO/c1-10(2)6-7-12-9-11-5-3-4-8-13-11/h10-12H,3-9H2,1-2H3. The maximum Gasteiger partial charge on any atom is 0.0699 e. The summed E-state index contributed by atoms with van der Waals surface area (Å²) < 4.78 is 5.62. The molecule has 1 saturated heterocycles. The van der Waals surface area contributed by atoms with Crippen molar-refractivity contribution in [1.82, 2.24) is 5.32 Å². The van der Waals surface area contributed by atoms with E-state index in [9.17, 15) is 0 Å². The van der Waals surface area contributed by atoms with Crippen molar-refractivity contribution in [3.05, 3.63) is 0 Å². The maximum absolute atomic E-state index is 5.62. The smallest absolute Gasteiger partial charge is 0.0699 e. The molecule has 0 aromatic heterocycles. The van der Waals surface area contributed by atoms with Crippen molar-refractivity contribution < 1.29 is 4.74 Å². The fourth-order valence-electron chi connectivity index (χ4n) is 1.62. The average Bonchev–Trinajstić information content (AvgIpc) is 2.14. The van der Waals surface area contributed by atoms with Gasteiger partial charge in [-0.2, -0.15) is 0 Å². The van der Waals surface area contributed by atoms with Gasteiger partial charge in [-0.25, -0.2) is 0 Å². The molecule has 1 unspecified atom stereocenters. The van der Waals surface area contributed by atoms with Crippen LogP contribution < -0.4 is 5.32 Å². The van der Waals surface area contributed by atoms with E-state index in [2.05, 4.69) is 19.2 Å². The molecule has 1 atom stereocenters. The summed E-state index contributed by atoms with van der Waals surface area (Å²) in [5, 5.41) is 3.46. The van der Waals surface area contributed by atoms with Gasteiger partial charge in [-0.1, -0.05) is 13.8 Å². The van der Waals surface area contributed by atoms with E-state index < -0.39 is 0 Å². The van der Waals surface area contributed by atoms with E-state index in [0.29, 0.717) is 6.10 Å².